The highest BCUT2D eigenvalue weighted by molar-refractivity contribution is 5.40. The van der Waals surface area contributed by atoms with Crippen molar-refractivity contribution in [3.05, 3.63) is 29.3 Å². The van der Waals surface area contributed by atoms with E-state index < -0.39 is 5.60 Å². The second-order valence-corrected chi connectivity index (χ2v) is 5.72. The first-order valence-electron chi connectivity index (χ1n) is 6.23. The van der Waals surface area contributed by atoms with E-state index in [4.69, 9.17) is 4.74 Å². The maximum atomic E-state index is 9.69. The van der Waals surface area contributed by atoms with E-state index in [1.54, 1.807) is 0 Å². The van der Waals surface area contributed by atoms with E-state index in [1.807, 2.05) is 6.92 Å². The molecule has 0 radical (unpaired) electrons. The van der Waals surface area contributed by atoms with Crippen molar-refractivity contribution < 1.29 is 9.84 Å². The van der Waals surface area contributed by atoms with E-state index in [1.165, 1.54) is 11.1 Å². The number of aliphatic hydroxyl groups is 1. The zero-order chi connectivity index (χ0) is 12.0. The van der Waals surface area contributed by atoms with Gasteiger partial charge < -0.3 is 9.84 Å². The SMILES string of the molecule is Cc1ccc2c(c1)CC(CN1CC(C)(O)C1)O2. The number of nitrogens with zero attached hydrogens (tertiary/aromatic N) is 1. The molecule has 17 heavy (non-hydrogen) atoms. The highest BCUT2D eigenvalue weighted by atomic mass is 16.5. The number of aryl methyl sites for hydroxylation is 1. The number of likely N-dealkylation sites (tertiary alicyclic amines) is 1. The number of ether oxygens (including phenoxy) is 1. The molecule has 2 heterocycles. The van der Waals surface area contributed by atoms with Gasteiger partial charge in [-0.25, -0.2) is 0 Å². The van der Waals surface area contributed by atoms with Crippen molar-refractivity contribution in [3.63, 3.8) is 0 Å². The highest BCUT2D eigenvalue weighted by Crippen LogP contribution is 2.31. The molecule has 1 saturated heterocycles. The van der Waals surface area contributed by atoms with E-state index in [0.29, 0.717) is 0 Å². The molecule has 1 unspecified atom stereocenters. The van der Waals surface area contributed by atoms with Crippen LogP contribution in [0.15, 0.2) is 18.2 Å². The summed E-state index contributed by atoms with van der Waals surface area (Å²) in [6.45, 7) is 6.45. The lowest BCUT2D eigenvalue weighted by atomic mass is 9.96. The van der Waals surface area contributed by atoms with Gasteiger partial charge in [-0.05, 0) is 25.5 Å². The number of hydrogen-bond donors (Lipinski definition) is 1. The van der Waals surface area contributed by atoms with Crippen molar-refractivity contribution in [1.82, 2.24) is 4.90 Å². The summed E-state index contributed by atoms with van der Waals surface area (Å²) in [6.07, 6.45) is 1.25. The van der Waals surface area contributed by atoms with Gasteiger partial charge in [0.1, 0.15) is 11.9 Å². The summed E-state index contributed by atoms with van der Waals surface area (Å²) in [4.78, 5) is 2.25. The van der Waals surface area contributed by atoms with Crippen LogP contribution >= 0.6 is 0 Å². The van der Waals surface area contributed by atoms with Gasteiger partial charge in [0.05, 0.1) is 5.60 Å². The van der Waals surface area contributed by atoms with Gasteiger partial charge in [0, 0.05) is 26.1 Å². The van der Waals surface area contributed by atoms with Crippen LogP contribution in [-0.4, -0.2) is 41.3 Å². The fraction of sp³-hybridized carbons (Fsp3) is 0.571. The van der Waals surface area contributed by atoms with Gasteiger partial charge in [0.2, 0.25) is 0 Å². The highest BCUT2D eigenvalue weighted by Gasteiger charge is 2.38. The molecule has 3 heteroatoms. The summed E-state index contributed by atoms with van der Waals surface area (Å²) in [7, 11) is 0. The van der Waals surface area contributed by atoms with E-state index in [-0.39, 0.29) is 6.10 Å². The van der Waals surface area contributed by atoms with Gasteiger partial charge in [-0.1, -0.05) is 17.7 Å². The van der Waals surface area contributed by atoms with E-state index in [0.717, 1.165) is 31.8 Å². The van der Waals surface area contributed by atoms with Crippen LogP contribution in [0.5, 0.6) is 5.75 Å². The predicted octanol–water partition coefficient (Wildman–Crippen LogP) is 1.37. The van der Waals surface area contributed by atoms with Gasteiger partial charge in [-0.3, -0.25) is 4.90 Å². The van der Waals surface area contributed by atoms with Crippen LogP contribution in [0.1, 0.15) is 18.1 Å². The van der Waals surface area contributed by atoms with Crippen molar-refractivity contribution in [2.45, 2.75) is 32.0 Å². The van der Waals surface area contributed by atoms with Gasteiger partial charge in [-0.2, -0.15) is 0 Å². The summed E-state index contributed by atoms with van der Waals surface area (Å²) in [6, 6.07) is 6.37. The normalized spacial score (nSPS) is 26.2. The first-order chi connectivity index (χ1) is 8.02. The third kappa shape index (κ3) is 2.17. The average molecular weight is 233 g/mol. The van der Waals surface area contributed by atoms with E-state index in [2.05, 4.69) is 30.0 Å². The van der Waals surface area contributed by atoms with E-state index in [9.17, 15) is 5.11 Å². The Kier molecular flexibility index (Phi) is 2.42. The molecule has 0 aliphatic carbocycles. The Bertz CT molecular complexity index is 434. The van der Waals surface area contributed by atoms with Gasteiger partial charge in [0.25, 0.3) is 0 Å². The Hall–Kier alpha value is -1.06. The van der Waals surface area contributed by atoms with Crippen molar-refractivity contribution in [2.75, 3.05) is 19.6 Å². The number of fused-ring (bicyclic) bond motifs is 1. The molecular weight excluding hydrogens is 214 g/mol. The maximum absolute atomic E-state index is 9.69. The van der Waals surface area contributed by atoms with Crippen LogP contribution in [0.4, 0.5) is 0 Å². The summed E-state index contributed by atoms with van der Waals surface area (Å²) in [5.74, 6) is 1.04. The van der Waals surface area contributed by atoms with Crippen LogP contribution in [0.2, 0.25) is 0 Å². The molecule has 3 nitrogen and oxygen atoms in total. The molecule has 1 aromatic rings. The molecular formula is C14H19NO2. The minimum Gasteiger partial charge on any atom is -0.488 e. The molecule has 0 saturated carbocycles. The Labute approximate surface area is 102 Å². The molecule has 3 rings (SSSR count). The minimum atomic E-state index is -0.484. The number of rotatable bonds is 2. The predicted molar refractivity (Wildman–Crippen MR) is 66.4 cm³/mol. The lowest BCUT2D eigenvalue weighted by Gasteiger charge is -2.45. The topological polar surface area (TPSA) is 32.7 Å². The van der Waals surface area contributed by atoms with Crippen LogP contribution in [0.3, 0.4) is 0 Å². The Morgan fingerprint density at radius 3 is 2.94 bits per heavy atom. The fourth-order valence-corrected chi connectivity index (χ4v) is 2.89. The van der Waals surface area contributed by atoms with Crippen molar-refractivity contribution in [1.29, 1.82) is 0 Å². The number of benzene rings is 1. The van der Waals surface area contributed by atoms with Gasteiger partial charge in [0.15, 0.2) is 0 Å². The van der Waals surface area contributed by atoms with Crippen molar-refractivity contribution in [2.24, 2.45) is 0 Å². The second-order valence-electron chi connectivity index (χ2n) is 5.72. The summed E-state index contributed by atoms with van der Waals surface area (Å²) >= 11 is 0. The average Bonchev–Trinajstić information content (AvgIpc) is 2.56. The molecule has 2 aliphatic heterocycles. The first kappa shape index (κ1) is 11.1. The standard InChI is InChI=1S/C14H19NO2/c1-10-3-4-13-11(5-10)6-12(17-13)7-15-8-14(2,16)9-15/h3-5,12,16H,6-9H2,1-2H3. The Morgan fingerprint density at radius 1 is 1.47 bits per heavy atom. The monoisotopic (exact) mass is 233 g/mol. The van der Waals surface area contributed by atoms with Crippen LogP contribution in [0.25, 0.3) is 0 Å². The summed E-state index contributed by atoms with van der Waals surface area (Å²) in [5.41, 5.74) is 2.13. The Morgan fingerprint density at radius 2 is 2.24 bits per heavy atom. The largest absolute Gasteiger partial charge is 0.488 e. The van der Waals surface area contributed by atoms with Gasteiger partial charge >= 0.3 is 0 Å². The quantitative estimate of drug-likeness (QED) is 0.837. The number of β-amino-alcohol motifs (C(OH)–C–C–N with tert-alkyl or cyclic N) is 1. The number of hydrogen-bond acceptors (Lipinski definition) is 3. The zero-order valence-electron chi connectivity index (χ0n) is 10.4. The molecule has 0 bridgehead atoms. The molecule has 1 atom stereocenters. The third-order valence-corrected chi connectivity index (χ3v) is 3.55. The van der Waals surface area contributed by atoms with Crippen molar-refractivity contribution in [3.8, 4) is 5.75 Å². The van der Waals surface area contributed by atoms with Crippen LogP contribution in [0, 0.1) is 6.92 Å². The van der Waals surface area contributed by atoms with Crippen LogP contribution in [-0.2, 0) is 6.42 Å². The fourth-order valence-electron chi connectivity index (χ4n) is 2.89. The second kappa shape index (κ2) is 3.72. The first-order valence-corrected chi connectivity index (χ1v) is 6.23. The van der Waals surface area contributed by atoms with E-state index >= 15 is 0 Å². The zero-order valence-corrected chi connectivity index (χ0v) is 10.4. The molecule has 1 aromatic carbocycles. The summed E-state index contributed by atoms with van der Waals surface area (Å²) in [5, 5.41) is 9.69. The lowest BCUT2D eigenvalue weighted by molar-refractivity contribution is -0.0917. The molecule has 0 spiro atoms. The Balaban J connectivity index is 1.60. The molecule has 2 aliphatic rings. The molecule has 0 amide bonds. The molecule has 0 aromatic heterocycles. The maximum Gasteiger partial charge on any atom is 0.123 e. The van der Waals surface area contributed by atoms with Crippen molar-refractivity contribution >= 4 is 0 Å². The third-order valence-electron chi connectivity index (χ3n) is 3.55. The molecule has 1 fully saturated rings. The lowest BCUT2D eigenvalue weighted by Crippen LogP contribution is -2.61. The van der Waals surface area contributed by atoms with Gasteiger partial charge in [-0.15, -0.1) is 0 Å². The summed E-state index contributed by atoms with van der Waals surface area (Å²) < 4.78 is 5.91. The molecule has 1 N–H and O–H groups in total. The molecule has 92 valence electrons. The smallest absolute Gasteiger partial charge is 0.123 e. The van der Waals surface area contributed by atoms with Crippen LogP contribution < -0.4 is 4.74 Å². The minimum absolute atomic E-state index is 0.253.